The van der Waals surface area contributed by atoms with Crippen LogP contribution in [0.5, 0.6) is 0 Å². The first-order valence-electron chi connectivity index (χ1n) is 9.10. The predicted octanol–water partition coefficient (Wildman–Crippen LogP) is 2.48. The van der Waals surface area contributed by atoms with Gasteiger partial charge in [-0.3, -0.25) is 4.79 Å². The van der Waals surface area contributed by atoms with Crippen LogP contribution in [-0.4, -0.2) is 53.4 Å². The summed E-state index contributed by atoms with van der Waals surface area (Å²) in [5.74, 6) is -0.484. The van der Waals surface area contributed by atoms with Crippen molar-refractivity contribution in [3.05, 3.63) is 35.9 Å². The summed E-state index contributed by atoms with van der Waals surface area (Å²) in [7, 11) is 0. The van der Waals surface area contributed by atoms with E-state index in [4.69, 9.17) is 9.47 Å². The van der Waals surface area contributed by atoms with Gasteiger partial charge >= 0.3 is 5.91 Å². The van der Waals surface area contributed by atoms with E-state index in [-0.39, 0.29) is 12.8 Å². The molecular weight excluding hydrogens is 350 g/mol. The molecule has 1 amide bonds. The van der Waals surface area contributed by atoms with E-state index in [1.807, 2.05) is 0 Å². The Bertz CT molecular complexity index is 623. The zero-order valence-corrected chi connectivity index (χ0v) is 16.4. The number of aliphatic hydroxyl groups is 2. The van der Waals surface area contributed by atoms with E-state index < -0.39 is 29.9 Å². The van der Waals surface area contributed by atoms with Gasteiger partial charge in [0.05, 0.1) is 6.10 Å². The molecule has 1 aromatic carbocycles. The number of benzene rings is 1. The second-order valence-corrected chi connectivity index (χ2v) is 6.71. The molecule has 0 aliphatic rings. The van der Waals surface area contributed by atoms with Crippen molar-refractivity contribution in [2.75, 3.05) is 13.2 Å². The molecular formula is C19H30N3O5+. The van der Waals surface area contributed by atoms with Crippen LogP contribution in [0.2, 0.25) is 0 Å². The first kappa shape index (κ1) is 23.1. The third-order valence-electron chi connectivity index (χ3n) is 3.70. The van der Waals surface area contributed by atoms with E-state index in [0.717, 1.165) is 0 Å². The maximum Gasteiger partial charge on any atom is 0.360 e. The molecule has 8 nitrogen and oxygen atoms in total. The van der Waals surface area contributed by atoms with Crippen molar-refractivity contribution in [3.8, 4) is 0 Å². The van der Waals surface area contributed by atoms with E-state index in [1.54, 1.807) is 58.0 Å². The summed E-state index contributed by atoms with van der Waals surface area (Å²) in [6.07, 6.45) is -2.28. The average molecular weight is 380 g/mol. The van der Waals surface area contributed by atoms with Crippen LogP contribution in [0.15, 0.2) is 40.6 Å². The van der Waals surface area contributed by atoms with Crippen LogP contribution in [0.25, 0.3) is 0 Å². The van der Waals surface area contributed by atoms with Gasteiger partial charge in [-0.05, 0) is 39.8 Å². The smallest absolute Gasteiger partial charge is 0.360 e. The Balaban J connectivity index is 2.62. The summed E-state index contributed by atoms with van der Waals surface area (Å²) in [6, 6.07) is 8.57. The van der Waals surface area contributed by atoms with Crippen molar-refractivity contribution in [1.29, 1.82) is 0 Å². The molecule has 0 spiro atoms. The Labute approximate surface area is 159 Å². The highest BCUT2D eigenvalue weighted by Gasteiger charge is 2.30. The van der Waals surface area contributed by atoms with Gasteiger partial charge in [0.15, 0.2) is 6.29 Å². The van der Waals surface area contributed by atoms with Gasteiger partial charge in [-0.1, -0.05) is 18.2 Å². The van der Waals surface area contributed by atoms with Crippen molar-refractivity contribution < 1.29 is 24.5 Å². The van der Waals surface area contributed by atoms with Crippen molar-refractivity contribution >= 4 is 5.91 Å². The number of hydrogen-bond donors (Lipinski definition) is 2. The van der Waals surface area contributed by atoms with E-state index in [9.17, 15) is 15.0 Å². The van der Waals surface area contributed by atoms with Gasteiger partial charge in [0.2, 0.25) is 10.0 Å². The molecule has 2 unspecified atom stereocenters. The lowest BCUT2D eigenvalue weighted by Crippen LogP contribution is -2.36. The van der Waals surface area contributed by atoms with Crippen LogP contribution >= 0.6 is 0 Å². The number of nitrogens with zero attached hydrogens (tertiary/aromatic N) is 3. The molecule has 0 saturated carbocycles. The predicted molar refractivity (Wildman–Crippen MR) is 100 cm³/mol. The lowest BCUT2D eigenvalue weighted by molar-refractivity contribution is -0.195. The van der Waals surface area contributed by atoms with Gasteiger partial charge in [0.25, 0.3) is 0 Å². The summed E-state index contributed by atoms with van der Waals surface area (Å²) < 4.78 is 10.7. The summed E-state index contributed by atoms with van der Waals surface area (Å²) >= 11 is 0. The van der Waals surface area contributed by atoms with Gasteiger partial charge in [-0.15, -0.1) is 0 Å². The third-order valence-corrected chi connectivity index (χ3v) is 3.70. The number of aliphatic hydroxyl groups excluding tert-OH is 2. The highest BCUT2D eigenvalue weighted by atomic mass is 16.7. The number of hydrogen-bond acceptors (Lipinski definition) is 6. The first-order valence-corrected chi connectivity index (χ1v) is 9.10. The van der Waals surface area contributed by atoms with Crippen LogP contribution in [0, 0.1) is 0 Å². The van der Waals surface area contributed by atoms with Crippen LogP contribution in [0.3, 0.4) is 0 Å². The van der Waals surface area contributed by atoms with Gasteiger partial charge in [-0.2, -0.15) is 0 Å². The minimum atomic E-state index is -0.961. The van der Waals surface area contributed by atoms with Gasteiger partial charge in [-0.25, -0.2) is 0 Å². The SMILES string of the molecule is CCOC(OCC)C(O)CC(O)CC(C)(C)N=[N+]=NC(=O)c1ccccc1. The monoisotopic (exact) mass is 380 g/mol. The summed E-state index contributed by atoms with van der Waals surface area (Å²) in [5.41, 5.74) is -0.331. The Morgan fingerprint density at radius 1 is 1.15 bits per heavy atom. The molecule has 0 heterocycles. The number of amides is 1. The average Bonchev–Trinajstić information content (AvgIpc) is 2.61. The molecule has 1 aromatic rings. The third kappa shape index (κ3) is 8.99. The lowest BCUT2D eigenvalue weighted by Gasteiger charge is -2.25. The second kappa shape index (κ2) is 11.7. The normalized spacial score (nSPS) is 13.7. The lowest BCUT2D eigenvalue weighted by atomic mass is 9.95. The Hall–Kier alpha value is -1.96. The fourth-order valence-corrected chi connectivity index (χ4v) is 2.51. The van der Waals surface area contributed by atoms with Gasteiger partial charge < -0.3 is 19.7 Å². The molecule has 0 fully saturated rings. The molecule has 0 aromatic heterocycles. The minimum Gasteiger partial charge on any atom is -0.393 e. The molecule has 0 radical (unpaired) electrons. The Kier molecular flexibility index (Phi) is 9.99. The molecule has 2 N–H and O–H groups in total. The maximum atomic E-state index is 11.9. The van der Waals surface area contributed by atoms with Crippen molar-refractivity contribution in [3.63, 3.8) is 0 Å². The Morgan fingerprint density at radius 3 is 2.30 bits per heavy atom. The fourth-order valence-electron chi connectivity index (χ4n) is 2.51. The first-order chi connectivity index (χ1) is 12.8. The largest absolute Gasteiger partial charge is 0.393 e. The van der Waals surface area contributed by atoms with Gasteiger partial charge in [0.1, 0.15) is 16.8 Å². The standard InChI is InChI=1S/C19H30N3O5/c1-5-26-18(27-6-2)16(24)12-15(23)13-19(3,4)21-22-20-17(25)14-10-8-7-9-11-14/h7-11,15-16,18,23-24H,5-6,12-13H2,1-4H3/q+1. The molecule has 0 bridgehead atoms. The number of carbonyl (C=O) groups excluding carboxylic acids is 1. The molecule has 0 aliphatic carbocycles. The fraction of sp³-hybridized carbons (Fsp3) is 0.632. The topological polar surface area (TPSA) is 115 Å². The molecule has 0 aliphatic heterocycles. The van der Waals surface area contributed by atoms with E-state index in [0.29, 0.717) is 18.8 Å². The van der Waals surface area contributed by atoms with Crippen LogP contribution in [0.1, 0.15) is 50.9 Å². The highest BCUT2D eigenvalue weighted by molar-refractivity contribution is 5.94. The Morgan fingerprint density at radius 2 is 1.74 bits per heavy atom. The van der Waals surface area contributed by atoms with E-state index >= 15 is 0 Å². The molecule has 2 atom stereocenters. The zero-order valence-electron chi connectivity index (χ0n) is 16.4. The van der Waals surface area contributed by atoms with Crippen LogP contribution in [0.4, 0.5) is 0 Å². The zero-order chi connectivity index (χ0) is 20.3. The van der Waals surface area contributed by atoms with Crippen LogP contribution in [-0.2, 0) is 9.47 Å². The van der Waals surface area contributed by atoms with Crippen molar-refractivity contribution in [2.24, 2.45) is 10.2 Å². The summed E-state index contributed by atoms with van der Waals surface area (Å²) in [6.45, 7) is 7.93. The van der Waals surface area contributed by atoms with Crippen LogP contribution < -0.4 is 4.91 Å². The highest BCUT2D eigenvalue weighted by Crippen LogP contribution is 2.20. The summed E-state index contributed by atoms with van der Waals surface area (Å²) in [4.78, 5) is 15.5. The van der Waals surface area contributed by atoms with Gasteiger partial charge in [0, 0.05) is 31.6 Å². The molecule has 27 heavy (non-hydrogen) atoms. The minimum absolute atomic E-state index is 0.0731. The van der Waals surface area contributed by atoms with E-state index in [1.165, 1.54) is 0 Å². The van der Waals surface area contributed by atoms with E-state index in [2.05, 4.69) is 15.1 Å². The molecule has 8 heteroatoms. The quantitative estimate of drug-likeness (QED) is 0.348. The molecule has 0 saturated heterocycles. The molecule has 150 valence electrons. The second-order valence-electron chi connectivity index (χ2n) is 6.71. The van der Waals surface area contributed by atoms with Crippen molar-refractivity contribution in [2.45, 2.75) is 64.6 Å². The van der Waals surface area contributed by atoms with Crippen molar-refractivity contribution in [1.82, 2.24) is 4.91 Å². The summed E-state index contributed by atoms with van der Waals surface area (Å²) in [5, 5.41) is 28.0. The number of rotatable bonds is 11. The molecule has 1 rings (SSSR count). The number of ether oxygens (including phenoxy) is 2. The maximum absolute atomic E-state index is 11.9. The number of carbonyl (C=O) groups is 1.